The number of carbonyl (C=O) groups is 1. The highest BCUT2D eigenvalue weighted by atomic mass is 19.4. The number of rotatable bonds is 4. The van der Waals surface area contributed by atoms with E-state index in [0.29, 0.717) is 25.6 Å². The number of alkyl halides is 3. The molecule has 2 fully saturated rings. The SMILES string of the molecule is [B]C1(Oc2ccc(C(F)(F)F)cn2)CC2CC1N(C(=O)c1cccc(F)c1-c1ncccn1)C2. The third kappa shape index (κ3) is 3.88. The lowest BCUT2D eigenvalue weighted by Crippen LogP contribution is -2.56. The zero-order chi connectivity index (χ0) is 24.1. The molecule has 3 unspecified atom stereocenters. The molecule has 3 atom stereocenters. The molecule has 172 valence electrons. The molecule has 34 heavy (non-hydrogen) atoms. The van der Waals surface area contributed by atoms with Gasteiger partial charge in [0.05, 0.1) is 28.2 Å². The third-order valence-electron chi connectivity index (χ3n) is 6.21. The fourth-order valence-electron chi connectivity index (χ4n) is 4.77. The van der Waals surface area contributed by atoms with Gasteiger partial charge >= 0.3 is 6.18 Å². The summed E-state index contributed by atoms with van der Waals surface area (Å²) in [6, 6.07) is 7.14. The molecule has 2 bridgehead atoms. The summed E-state index contributed by atoms with van der Waals surface area (Å²) in [5.74, 6) is -1.05. The first-order chi connectivity index (χ1) is 16.2. The molecule has 3 aromatic rings. The van der Waals surface area contributed by atoms with Gasteiger partial charge in [0.15, 0.2) is 5.82 Å². The number of piperidine rings is 1. The summed E-state index contributed by atoms with van der Waals surface area (Å²) < 4.78 is 59.0. The van der Waals surface area contributed by atoms with Gasteiger partial charge < -0.3 is 9.64 Å². The van der Waals surface area contributed by atoms with Crippen LogP contribution in [0.1, 0.15) is 28.8 Å². The molecule has 0 spiro atoms. The number of carbonyl (C=O) groups excluding carboxylic acids is 1. The maximum atomic E-state index is 14.7. The zero-order valence-corrected chi connectivity index (χ0v) is 17.7. The Balaban J connectivity index is 1.42. The molecule has 3 heterocycles. The standard InChI is InChI=1S/C23H17BF4N4O2/c24-22(34-18-6-5-14(11-31-18)23(26,27)28)10-13-9-17(22)32(12-13)21(33)15-3-1-4-16(25)19(15)20-29-7-2-8-30-20/h1-8,11,13,17H,9-10,12H2. The van der Waals surface area contributed by atoms with Crippen LogP contribution in [-0.2, 0) is 6.18 Å². The van der Waals surface area contributed by atoms with Gasteiger partial charge in [0.1, 0.15) is 13.7 Å². The summed E-state index contributed by atoms with van der Waals surface area (Å²) in [6.45, 7) is 0.401. The predicted molar refractivity (Wildman–Crippen MR) is 113 cm³/mol. The van der Waals surface area contributed by atoms with E-state index in [1.165, 1.54) is 35.5 Å². The Labute approximate surface area is 193 Å². The van der Waals surface area contributed by atoms with Crippen LogP contribution in [0.4, 0.5) is 17.6 Å². The Morgan fingerprint density at radius 3 is 2.53 bits per heavy atom. The first-order valence-corrected chi connectivity index (χ1v) is 10.5. The number of nitrogens with zero attached hydrogens (tertiary/aromatic N) is 4. The first-order valence-electron chi connectivity index (χ1n) is 10.5. The molecule has 1 saturated carbocycles. The minimum Gasteiger partial charge on any atom is -0.479 e. The Morgan fingerprint density at radius 2 is 1.88 bits per heavy atom. The Hall–Kier alpha value is -3.50. The van der Waals surface area contributed by atoms with E-state index in [0.717, 1.165) is 12.1 Å². The van der Waals surface area contributed by atoms with E-state index in [-0.39, 0.29) is 28.7 Å². The lowest BCUT2D eigenvalue weighted by Gasteiger charge is -2.41. The normalized spacial score (nSPS) is 23.8. The predicted octanol–water partition coefficient (Wildman–Crippen LogP) is 3.87. The summed E-state index contributed by atoms with van der Waals surface area (Å²) in [4.78, 5) is 26.9. The maximum absolute atomic E-state index is 14.7. The van der Waals surface area contributed by atoms with Crippen molar-refractivity contribution in [3.63, 3.8) is 0 Å². The van der Waals surface area contributed by atoms with E-state index >= 15 is 0 Å². The van der Waals surface area contributed by atoms with Crippen molar-refractivity contribution in [1.82, 2.24) is 19.9 Å². The molecule has 1 aliphatic carbocycles. The Morgan fingerprint density at radius 1 is 1.12 bits per heavy atom. The number of pyridine rings is 1. The summed E-state index contributed by atoms with van der Waals surface area (Å²) >= 11 is 0. The van der Waals surface area contributed by atoms with Crippen LogP contribution in [0.3, 0.4) is 0 Å². The molecule has 5 rings (SSSR count). The Kier molecular flexibility index (Phi) is 5.29. The minimum atomic E-state index is -4.52. The third-order valence-corrected chi connectivity index (χ3v) is 6.21. The molecule has 6 nitrogen and oxygen atoms in total. The molecule has 2 radical (unpaired) electrons. The van der Waals surface area contributed by atoms with Gasteiger partial charge in [-0.25, -0.2) is 19.3 Å². The van der Waals surface area contributed by atoms with Crippen molar-refractivity contribution in [2.75, 3.05) is 6.54 Å². The fraction of sp³-hybridized carbons (Fsp3) is 0.304. The number of likely N-dealkylation sites (tertiary alicyclic amines) is 1. The highest BCUT2D eigenvalue weighted by molar-refractivity contribution is 6.16. The topological polar surface area (TPSA) is 68.2 Å². The average molecular weight is 468 g/mol. The summed E-state index contributed by atoms with van der Waals surface area (Å²) in [6.07, 6.45) is 0.0189. The second-order valence-electron chi connectivity index (χ2n) is 8.45. The van der Waals surface area contributed by atoms with Crippen molar-refractivity contribution < 1.29 is 27.1 Å². The van der Waals surface area contributed by atoms with E-state index in [4.69, 9.17) is 12.6 Å². The van der Waals surface area contributed by atoms with Crippen molar-refractivity contribution >= 4 is 13.8 Å². The van der Waals surface area contributed by atoms with Crippen LogP contribution in [0.15, 0.2) is 55.0 Å². The number of benzene rings is 1. The van der Waals surface area contributed by atoms with E-state index in [1.807, 2.05) is 0 Å². The lowest BCUT2D eigenvalue weighted by molar-refractivity contribution is -0.137. The molecule has 1 amide bonds. The van der Waals surface area contributed by atoms with Crippen LogP contribution >= 0.6 is 0 Å². The van der Waals surface area contributed by atoms with Crippen molar-refractivity contribution in [1.29, 1.82) is 0 Å². The number of amides is 1. The lowest BCUT2D eigenvalue weighted by atomic mass is 9.74. The van der Waals surface area contributed by atoms with Gasteiger partial charge in [-0.15, -0.1) is 0 Å². The number of halogens is 4. The highest BCUT2D eigenvalue weighted by Gasteiger charge is 2.55. The quantitative estimate of drug-likeness (QED) is 0.430. The minimum absolute atomic E-state index is 0.0104. The van der Waals surface area contributed by atoms with Gasteiger partial charge in [0.2, 0.25) is 5.88 Å². The number of fused-ring (bicyclic) bond motifs is 2. The van der Waals surface area contributed by atoms with E-state index in [2.05, 4.69) is 15.0 Å². The average Bonchev–Trinajstić information content (AvgIpc) is 3.36. The van der Waals surface area contributed by atoms with Crippen molar-refractivity contribution in [3.8, 4) is 17.3 Å². The smallest absolute Gasteiger partial charge is 0.417 e. The summed E-state index contributed by atoms with van der Waals surface area (Å²) in [5, 5.41) is 0. The maximum Gasteiger partial charge on any atom is 0.417 e. The monoisotopic (exact) mass is 468 g/mol. The van der Waals surface area contributed by atoms with Crippen LogP contribution in [-0.4, -0.2) is 51.7 Å². The molecule has 1 aromatic carbocycles. The van der Waals surface area contributed by atoms with Crippen LogP contribution in [0.25, 0.3) is 11.4 Å². The molecule has 0 N–H and O–H groups in total. The van der Waals surface area contributed by atoms with Gasteiger partial charge in [-0.1, -0.05) is 6.07 Å². The molecule has 11 heteroatoms. The first kappa shape index (κ1) is 22.3. The largest absolute Gasteiger partial charge is 0.479 e. The van der Waals surface area contributed by atoms with Crippen LogP contribution in [0, 0.1) is 11.7 Å². The summed E-state index contributed by atoms with van der Waals surface area (Å²) in [7, 11) is 6.51. The van der Waals surface area contributed by atoms with Crippen molar-refractivity contribution in [2.24, 2.45) is 5.92 Å². The van der Waals surface area contributed by atoms with Gasteiger partial charge in [-0.2, -0.15) is 13.2 Å². The molecular formula is C23H17BF4N4O2. The number of ether oxygens (including phenoxy) is 1. The zero-order valence-electron chi connectivity index (χ0n) is 17.7. The molecule has 1 aliphatic heterocycles. The van der Waals surface area contributed by atoms with Crippen molar-refractivity contribution in [2.45, 2.75) is 30.6 Å². The van der Waals surface area contributed by atoms with Gasteiger partial charge in [-0.3, -0.25) is 4.79 Å². The van der Waals surface area contributed by atoms with Crippen LogP contribution < -0.4 is 4.74 Å². The van der Waals surface area contributed by atoms with Crippen LogP contribution in [0.2, 0.25) is 0 Å². The fourth-order valence-corrected chi connectivity index (χ4v) is 4.77. The van der Waals surface area contributed by atoms with E-state index in [9.17, 15) is 22.4 Å². The number of aromatic nitrogens is 3. The Bertz CT molecular complexity index is 1230. The molecular weight excluding hydrogens is 451 g/mol. The molecule has 2 aliphatic rings. The molecule has 2 aromatic heterocycles. The van der Waals surface area contributed by atoms with Crippen molar-refractivity contribution in [3.05, 3.63) is 71.9 Å². The van der Waals surface area contributed by atoms with E-state index < -0.39 is 35.0 Å². The van der Waals surface area contributed by atoms with E-state index in [1.54, 1.807) is 6.07 Å². The second kappa shape index (κ2) is 8.07. The second-order valence-corrected chi connectivity index (χ2v) is 8.45. The van der Waals surface area contributed by atoms with Gasteiger partial charge in [0.25, 0.3) is 5.91 Å². The molecule has 1 saturated heterocycles. The van der Waals surface area contributed by atoms with Gasteiger partial charge in [0, 0.05) is 31.2 Å². The highest BCUT2D eigenvalue weighted by Crippen LogP contribution is 2.46. The number of hydrogen-bond acceptors (Lipinski definition) is 5. The number of hydrogen-bond donors (Lipinski definition) is 0. The van der Waals surface area contributed by atoms with Crippen LogP contribution in [0.5, 0.6) is 5.88 Å². The van der Waals surface area contributed by atoms with Gasteiger partial charge in [-0.05, 0) is 43.0 Å². The summed E-state index contributed by atoms with van der Waals surface area (Å²) in [5.41, 5.74) is -2.17.